The van der Waals surface area contributed by atoms with Gasteiger partial charge in [0.2, 0.25) is 11.8 Å². The first-order valence-electron chi connectivity index (χ1n) is 7.64. The van der Waals surface area contributed by atoms with Crippen molar-refractivity contribution in [2.24, 2.45) is 5.92 Å². The van der Waals surface area contributed by atoms with Crippen LogP contribution in [0.3, 0.4) is 0 Å². The van der Waals surface area contributed by atoms with Crippen LogP contribution in [0.1, 0.15) is 33.2 Å². The van der Waals surface area contributed by atoms with Crippen LogP contribution in [0.2, 0.25) is 0 Å². The molecule has 0 radical (unpaired) electrons. The van der Waals surface area contributed by atoms with E-state index in [9.17, 15) is 18.4 Å². The highest BCUT2D eigenvalue weighted by Gasteiger charge is 2.49. The minimum Gasteiger partial charge on any atom is -0.343 e. The third kappa shape index (κ3) is 3.22. The molecule has 0 unspecified atom stereocenters. The maximum Gasteiger partial charge on any atom is 0.282 e. The minimum atomic E-state index is -2.67. The van der Waals surface area contributed by atoms with Gasteiger partial charge in [0, 0.05) is 63.7 Å². The van der Waals surface area contributed by atoms with Gasteiger partial charge in [-0.15, -0.1) is 11.3 Å². The molecule has 1 aromatic rings. The largest absolute Gasteiger partial charge is 0.343 e. The first-order valence-corrected chi connectivity index (χ1v) is 8.45. The normalized spacial score (nSPS) is 20.4. The lowest BCUT2D eigenvalue weighted by Crippen LogP contribution is -2.47. The molecule has 0 N–H and O–H groups in total. The number of fused-ring (bicyclic) bond motifs is 1. The number of thiazole rings is 1. The maximum atomic E-state index is 12.9. The standard InChI is InChI=1S/C15H19F2N3O2S/c1-19(2)14(22)12-18-10-3-5-20(6-4-11(10)23-12)13(21)9-7-15(16,17)8-9/h9H,3-8H2,1-2H3. The topological polar surface area (TPSA) is 53.5 Å². The predicted octanol–water partition coefficient (Wildman–Crippen LogP) is 1.82. The number of hydrogen-bond donors (Lipinski definition) is 0. The third-order valence-corrected chi connectivity index (χ3v) is 5.49. The average molecular weight is 343 g/mol. The Morgan fingerprint density at radius 3 is 2.52 bits per heavy atom. The molecular formula is C15H19F2N3O2S. The Bertz CT molecular complexity index is 611. The van der Waals surface area contributed by atoms with Crippen LogP contribution in [0.4, 0.5) is 8.78 Å². The van der Waals surface area contributed by atoms with Crippen molar-refractivity contribution in [3.63, 3.8) is 0 Å². The van der Waals surface area contributed by atoms with Gasteiger partial charge in [-0.2, -0.15) is 0 Å². The third-order valence-electron chi connectivity index (χ3n) is 4.35. The Labute approximate surface area is 137 Å². The predicted molar refractivity (Wildman–Crippen MR) is 81.8 cm³/mol. The van der Waals surface area contributed by atoms with Crippen molar-refractivity contribution in [1.82, 2.24) is 14.8 Å². The summed E-state index contributed by atoms with van der Waals surface area (Å²) in [6.45, 7) is 0.985. The number of carbonyl (C=O) groups is 2. The molecule has 1 aliphatic heterocycles. The molecule has 5 nitrogen and oxygen atoms in total. The van der Waals surface area contributed by atoms with Crippen LogP contribution in [0, 0.1) is 5.92 Å². The molecule has 126 valence electrons. The van der Waals surface area contributed by atoms with Gasteiger partial charge >= 0.3 is 0 Å². The summed E-state index contributed by atoms with van der Waals surface area (Å²) in [7, 11) is 3.37. The number of hydrogen-bond acceptors (Lipinski definition) is 4. The minimum absolute atomic E-state index is 0.118. The maximum absolute atomic E-state index is 12.9. The lowest BCUT2D eigenvalue weighted by atomic mass is 9.80. The van der Waals surface area contributed by atoms with E-state index in [1.807, 2.05) is 0 Å². The Kier molecular flexibility index (Phi) is 4.12. The van der Waals surface area contributed by atoms with E-state index in [1.54, 1.807) is 19.0 Å². The molecular weight excluding hydrogens is 324 g/mol. The second kappa shape index (κ2) is 5.81. The average Bonchev–Trinajstić information content (AvgIpc) is 2.76. The number of nitrogens with zero attached hydrogens (tertiary/aromatic N) is 3. The summed E-state index contributed by atoms with van der Waals surface area (Å²) in [6.07, 6.45) is 0.539. The van der Waals surface area contributed by atoms with Crippen molar-refractivity contribution in [2.45, 2.75) is 31.6 Å². The summed E-state index contributed by atoms with van der Waals surface area (Å²) in [4.78, 5) is 32.8. The zero-order chi connectivity index (χ0) is 16.8. The summed E-state index contributed by atoms with van der Waals surface area (Å²) >= 11 is 1.37. The highest BCUT2D eigenvalue weighted by molar-refractivity contribution is 7.13. The summed E-state index contributed by atoms with van der Waals surface area (Å²) < 4.78 is 25.9. The number of carbonyl (C=O) groups excluding carboxylic acids is 2. The molecule has 1 aromatic heterocycles. The second-order valence-electron chi connectivity index (χ2n) is 6.37. The van der Waals surface area contributed by atoms with Gasteiger partial charge < -0.3 is 9.80 Å². The lowest BCUT2D eigenvalue weighted by molar-refractivity contribution is -0.159. The highest BCUT2D eigenvalue weighted by atomic mass is 32.1. The van der Waals surface area contributed by atoms with Crippen molar-refractivity contribution < 1.29 is 18.4 Å². The zero-order valence-electron chi connectivity index (χ0n) is 13.1. The lowest BCUT2D eigenvalue weighted by Gasteiger charge is -2.36. The number of amides is 2. The molecule has 2 heterocycles. The van der Waals surface area contributed by atoms with E-state index in [-0.39, 0.29) is 24.7 Å². The molecule has 0 saturated heterocycles. The monoisotopic (exact) mass is 343 g/mol. The Hall–Kier alpha value is -1.57. The first kappa shape index (κ1) is 16.3. The Morgan fingerprint density at radius 2 is 1.91 bits per heavy atom. The zero-order valence-corrected chi connectivity index (χ0v) is 14.0. The van der Waals surface area contributed by atoms with Crippen molar-refractivity contribution in [3.8, 4) is 0 Å². The van der Waals surface area contributed by atoms with Gasteiger partial charge in [-0.1, -0.05) is 0 Å². The molecule has 1 saturated carbocycles. The number of rotatable bonds is 2. The molecule has 8 heteroatoms. The molecule has 1 fully saturated rings. The fraction of sp³-hybridized carbons (Fsp3) is 0.667. The van der Waals surface area contributed by atoms with Crippen LogP contribution in [0.5, 0.6) is 0 Å². The smallest absolute Gasteiger partial charge is 0.282 e. The SMILES string of the molecule is CN(C)C(=O)c1nc2c(s1)CCN(C(=O)C1CC(F)(F)C1)CC2. The second-order valence-corrected chi connectivity index (χ2v) is 7.46. The van der Waals surface area contributed by atoms with E-state index in [0.717, 1.165) is 10.6 Å². The Balaban J connectivity index is 1.64. The van der Waals surface area contributed by atoms with E-state index in [1.165, 1.54) is 16.2 Å². The summed E-state index contributed by atoms with van der Waals surface area (Å²) in [5, 5.41) is 0.471. The van der Waals surface area contributed by atoms with Gasteiger partial charge in [0.15, 0.2) is 5.01 Å². The van der Waals surface area contributed by atoms with Crippen LogP contribution in [-0.4, -0.2) is 59.7 Å². The molecule has 0 spiro atoms. The van der Waals surface area contributed by atoms with Crippen LogP contribution in [0.25, 0.3) is 0 Å². The summed E-state index contributed by atoms with van der Waals surface area (Å²) in [5.41, 5.74) is 0.856. The van der Waals surface area contributed by atoms with Gasteiger partial charge in [-0.25, -0.2) is 13.8 Å². The van der Waals surface area contributed by atoms with Gasteiger partial charge in [-0.05, 0) is 0 Å². The molecule has 2 amide bonds. The molecule has 3 rings (SSSR count). The number of alkyl halides is 2. The number of halogens is 2. The number of aromatic nitrogens is 1. The fourth-order valence-corrected chi connectivity index (χ4v) is 4.08. The van der Waals surface area contributed by atoms with Gasteiger partial charge in [-0.3, -0.25) is 9.59 Å². The van der Waals surface area contributed by atoms with Gasteiger partial charge in [0.05, 0.1) is 5.69 Å². The molecule has 0 bridgehead atoms. The molecule has 0 aromatic carbocycles. The van der Waals surface area contributed by atoms with E-state index < -0.39 is 11.8 Å². The highest BCUT2D eigenvalue weighted by Crippen LogP contribution is 2.43. The Morgan fingerprint density at radius 1 is 1.26 bits per heavy atom. The van der Waals surface area contributed by atoms with Crippen molar-refractivity contribution in [2.75, 3.05) is 27.2 Å². The van der Waals surface area contributed by atoms with Crippen LogP contribution in [-0.2, 0) is 17.6 Å². The van der Waals surface area contributed by atoms with Crippen LogP contribution in [0.15, 0.2) is 0 Å². The van der Waals surface area contributed by atoms with Crippen molar-refractivity contribution >= 4 is 23.2 Å². The van der Waals surface area contributed by atoms with E-state index in [4.69, 9.17) is 0 Å². The van der Waals surface area contributed by atoms with E-state index in [2.05, 4.69) is 4.98 Å². The first-order chi connectivity index (χ1) is 10.8. The molecule has 2 aliphatic rings. The molecule has 0 atom stereocenters. The fourth-order valence-electron chi connectivity index (χ4n) is 2.96. The van der Waals surface area contributed by atoms with Crippen molar-refractivity contribution in [3.05, 3.63) is 15.6 Å². The van der Waals surface area contributed by atoms with Crippen LogP contribution < -0.4 is 0 Å². The molecule has 23 heavy (non-hydrogen) atoms. The summed E-state index contributed by atoms with van der Waals surface area (Å²) in [6, 6.07) is 0. The van der Waals surface area contributed by atoms with E-state index >= 15 is 0 Å². The van der Waals surface area contributed by atoms with Gasteiger partial charge in [0.25, 0.3) is 5.91 Å². The van der Waals surface area contributed by atoms with E-state index in [0.29, 0.717) is 30.9 Å². The summed E-state index contributed by atoms with van der Waals surface area (Å²) in [5.74, 6) is -3.50. The van der Waals surface area contributed by atoms with Gasteiger partial charge in [0.1, 0.15) is 0 Å². The quantitative estimate of drug-likeness (QED) is 0.823. The van der Waals surface area contributed by atoms with Crippen molar-refractivity contribution in [1.29, 1.82) is 0 Å². The molecule has 1 aliphatic carbocycles. The van der Waals surface area contributed by atoms with Crippen LogP contribution >= 0.6 is 11.3 Å².